The third-order valence-corrected chi connectivity index (χ3v) is 4.69. The summed E-state index contributed by atoms with van der Waals surface area (Å²) in [4.78, 5) is 20.7. The van der Waals surface area contributed by atoms with Gasteiger partial charge in [-0.2, -0.15) is 0 Å². The fraction of sp³-hybridized carbons (Fsp3) is 0.0455. The number of hydrogen-bond donors (Lipinski definition) is 1. The summed E-state index contributed by atoms with van der Waals surface area (Å²) in [6.45, 7) is 0. The van der Waals surface area contributed by atoms with Crippen LogP contribution in [0.3, 0.4) is 0 Å². The Labute approximate surface area is 166 Å². The Morgan fingerprint density at radius 1 is 0.964 bits per heavy atom. The molecule has 2 heterocycles. The molecule has 0 aliphatic heterocycles. The lowest BCUT2D eigenvalue weighted by Gasteiger charge is -2.08. The van der Waals surface area contributed by atoms with E-state index in [0.29, 0.717) is 27.3 Å². The first-order valence-electron chi connectivity index (χ1n) is 8.49. The Balaban J connectivity index is 1.75. The monoisotopic (exact) mass is 390 g/mol. The Bertz CT molecular complexity index is 1170. The standard InChI is InChI=1S/C22H15ClN2O3/c1-28-16-6-2-13(3-7-16)14-4-8-20(24-12-14)21-11-18(22(26)27)17-10-15(23)5-9-19(17)25-21/h2-12H,1H3,(H,26,27). The summed E-state index contributed by atoms with van der Waals surface area (Å²) in [6.07, 6.45) is 1.74. The highest BCUT2D eigenvalue weighted by Gasteiger charge is 2.14. The molecule has 0 saturated heterocycles. The molecule has 0 aliphatic rings. The van der Waals surface area contributed by atoms with Gasteiger partial charge in [-0.05, 0) is 48.0 Å². The predicted octanol–water partition coefficient (Wildman–Crippen LogP) is 5.32. The molecule has 0 bridgehead atoms. The highest BCUT2D eigenvalue weighted by atomic mass is 35.5. The fourth-order valence-corrected chi connectivity index (χ4v) is 3.18. The molecule has 0 spiro atoms. The number of ether oxygens (including phenoxy) is 1. The van der Waals surface area contributed by atoms with Crippen LogP contribution in [0.2, 0.25) is 5.02 Å². The first kappa shape index (κ1) is 17.9. The molecule has 0 radical (unpaired) electrons. The molecule has 2 aromatic heterocycles. The minimum Gasteiger partial charge on any atom is -0.497 e. The summed E-state index contributed by atoms with van der Waals surface area (Å²) in [5.41, 5.74) is 3.73. The number of aromatic nitrogens is 2. The van der Waals surface area contributed by atoms with Crippen LogP contribution in [0, 0.1) is 0 Å². The van der Waals surface area contributed by atoms with Gasteiger partial charge in [0, 0.05) is 22.2 Å². The van der Waals surface area contributed by atoms with Crippen LogP contribution in [0.15, 0.2) is 66.9 Å². The van der Waals surface area contributed by atoms with Crippen molar-refractivity contribution >= 4 is 28.5 Å². The van der Waals surface area contributed by atoms with Gasteiger partial charge in [0.15, 0.2) is 0 Å². The van der Waals surface area contributed by atoms with E-state index in [-0.39, 0.29) is 5.56 Å². The molecule has 4 rings (SSSR count). The highest BCUT2D eigenvalue weighted by Crippen LogP contribution is 2.28. The quantitative estimate of drug-likeness (QED) is 0.510. The number of fused-ring (bicyclic) bond motifs is 1. The number of carboxylic acid groups (broad SMARTS) is 1. The number of carbonyl (C=O) groups is 1. The number of methoxy groups -OCH3 is 1. The van der Waals surface area contributed by atoms with Gasteiger partial charge in [0.1, 0.15) is 5.75 Å². The second kappa shape index (κ2) is 7.29. The minimum absolute atomic E-state index is 0.142. The van der Waals surface area contributed by atoms with Crippen molar-refractivity contribution in [3.05, 3.63) is 77.4 Å². The van der Waals surface area contributed by atoms with E-state index >= 15 is 0 Å². The Hall–Kier alpha value is -3.44. The van der Waals surface area contributed by atoms with E-state index in [1.54, 1.807) is 31.5 Å². The van der Waals surface area contributed by atoms with Crippen molar-refractivity contribution in [2.24, 2.45) is 0 Å². The van der Waals surface area contributed by atoms with Gasteiger partial charge in [0.25, 0.3) is 0 Å². The number of rotatable bonds is 4. The van der Waals surface area contributed by atoms with Crippen molar-refractivity contribution in [1.82, 2.24) is 9.97 Å². The maximum Gasteiger partial charge on any atom is 0.336 e. The molecule has 0 fully saturated rings. The van der Waals surface area contributed by atoms with Gasteiger partial charge < -0.3 is 9.84 Å². The van der Waals surface area contributed by atoms with E-state index in [1.165, 1.54) is 6.07 Å². The van der Waals surface area contributed by atoms with E-state index in [1.807, 2.05) is 36.4 Å². The molecule has 0 aliphatic carbocycles. The molecule has 2 aromatic carbocycles. The van der Waals surface area contributed by atoms with E-state index in [2.05, 4.69) is 9.97 Å². The second-order valence-corrected chi connectivity index (χ2v) is 6.62. The van der Waals surface area contributed by atoms with Crippen molar-refractivity contribution < 1.29 is 14.6 Å². The van der Waals surface area contributed by atoms with Crippen LogP contribution < -0.4 is 4.74 Å². The van der Waals surface area contributed by atoms with E-state index in [0.717, 1.165) is 16.9 Å². The highest BCUT2D eigenvalue weighted by molar-refractivity contribution is 6.31. The van der Waals surface area contributed by atoms with Crippen LogP contribution in [0.4, 0.5) is 0 Å². The maximum absolute atomic E-state index is 11.7. The number of carboxylic acids is 1. The molecule has 0 unspecified atom stereocenters. The van der Waals surface area contributed by atoms with Crippen LogP contribution in [-0.4, -0.2) is 28.2 Å². The van der Waals surface area contributed by atoms with Gasteiger partial charge in [-0.3, -0.25) is 4.98 Å². The molecule has 0 atom stereocenters. The number of pyridine rings is 2. The van der Waals surface area contributed by atoms with Crippen molar-refractivity contribution in [3.63, 3.8) is 0 Å². The van der Waals surface area contributed by atoms with Crippen LogP contribution in [0.5, 0.6) is 5.75 Å². The minimum atomic E-state index is -1.04. The van der Waals surface area contributed by atoms with Crippen LogP contribution in [0.1, 0.15) is 10.4 Å². The lowest BCUT2D eigenvalue weighted by Crippen LogP contribution is -2.01. The Morgan fingerprint density at radius 2 is 1.71 bits per heavy atom. The zero-order chi connectivity index (χ0) is 19.7. The summed E-state index contributed by atoms with van der Waals surface area (Å²) in [5, 5.41) is 10.5. The largest absolute Gasteiger partial charge is 0.497 e. The normalized spacial score (nSPS) is 10.8. The predicted molar refractivity (Wildman–Crippen MR) is 109 cm³/mol. The Morgan fingerprint density at radius 3 is 2.36 bits per heavy atom. The second-order valence-electron chi connectivity index (χ2n) is 6.18. The summed E-state index contributed by atoms with van der Waals surface area (Å²) in [6, 6.07) is 18.0. The van der Waals surface area contributed by atoms with E-state index < -0.39 is 5.97 Å². The molecule has 6 heteroatoms. The number of hydrogen-bond acceptors (Lipinski definition) is 4. The molecular weight excluding hydrogens is 376 g/mol. The lowest BCUT2D eigenvalue weighted by atomic mass is 10.0. The van der Waals surface area contributed by atoms with E-state index in [4.69, 9.17) is 16.3 Å². The third kappa shape index (κ3) is 3.40. The number of halogens is 1. The maximum atomic E-state index is 11.7. The zero-order valence-corrected chi connectivity index (χ0v) is 15.6. The molecule has 1 N–H and O–H groups in total. The molecular formula is C22H15ClN2O3. The third-order valence-electron chi connectivity index (χ3n) is 4.45. The van der Waals surface area contributed by atoms with Gasteiger partial charge >= 0.3 is 5.97 Å². The number of benzene rings is 2. The van der Waals surface area contributed by atoms with Crippen molar-refractivity contribution in [2.45, 2.75) is 0 Å². The lowest BCUT2D eigenvalue weighted by molar-refractivity contribution is 0.0699. The first-order valence-corrected chi connectivity index (χ1v) is 8.87. The van der Waals surface area contributed by atoms with Crippen molar-refractivity contribution in [2.75, 3.05) is 7.11 Å². The summed E-state index contributed by atoms with van der Waals surface area (Å²) >= 11 is 6.01. The smallest absolute Gasteiger partial charge is 0.336 e. The van der Waals surface area contributed by atoms with Gasteiger partial charge in [-0.15, -0.1) is 0 Å². The van der Waals surface area contributed by atoms with Crippen LogP contribution >= 0.6 is 11.6 Å². The zero-order valence-electron chi connectivity index (χ0n) is 14.9. The van der Waals surface area contributed by atoms with Gasteiger partial charge in [0.05, 0.1) is 29.6 Å². The molecule has 0 amide bonds. The number of aromatic carboxylic acids is 1. The molecule has 28 heavy (non-hydrogen) atoms. The average Bonchev–Trinajstić information content (AvgIpc) is 2.73. The van der Waals surface area contributed by atoms with E-state index in [9.17, 15) is 9.90 Å². The number of nitrogens with zero attached hydrogens (tertiary/aromatic N) is 2. The average molecular weight is 391 g/mol. The van der Waals surface area contributed by atoms with Crippen molar-refractivity contribution in [1.29, 1.82) is 0 Å². The summed E-state index contributed by atoms with van der Waals surface area (Å²) < 4.78 is 5.17. The van der Waals surface area contributed by atoms with Crippen molar-refractivity contribution in [3.8, 4) is 28.3 Å². The first-order chi connectivity index (χ1) is 13.5. The fourth-order valence-electron chi connectivity index (χ4n) is 3.01. The van der Waals surface area contributed by atoms with Gasteiger partial charge in [-0.1, -0.05) is 29.8 Å². The Kier molecular flexibility index (Phi) is 4.67. The topological polar surface area (TPSA) is 72.3 Å². The van der Waals surface area contributed by atoms with Gasteiger partial charge in [-0.25, -0.2) is 9.78 Å². The molecule has 5 nitrogen and oxygen atoms in total. The van der Waals surface area contributed by atoms with Crippen LogP contribution in [-0.2, 0) is 0 Å². The summed E-state index contributed by atoms with van der Waals surface area (Å²) in [7, 11) is 1.63. The molecule has 4 aromatic rings. The summed E-state index contributed by atoms with van der Waals surface area (Å²) in [5.74, 6) is -0.249. The molecule has 0 saturated carbocycles. The van der Waals surface area contributed by atoms with Crippen LogP contribution in [0.25, 0.3) is 33.4 Å². The SMILES string of the molecule is COc1ccc(-c2ccc(-c3cc(C(=O)O)c4cc(Cl)ccc4n3)nc2)cc1. The molecule has 138 valence electrons. The van der Waals surface area contributed by atoms with Gasteiger partial charge in [0.2, 0.25) is 0 Å².